The molecule has 0 aliphatic rings. The van der Waals surface area contributed by atoms with Crippen LogP contribution in [0.1, 0.15) is 41.1 Å². The highest BCUT2D eigenvalue weighted by molar-refractivity contribution is 6.35. The fraction of sp³-hybridized carbons (Fsp3) is 0.278. The lowest BCUT2D eigenvalue weighted by atomic mass is 10.1. The zero-order chi connectivity index (χ0) is 18.4. The molecule has 25 heavy (non-hydrogen) atoms. The highest BCUT2D eigenvalue weighted by Gasteiger charge is 2.13. The number of pyridine rings is 1. The second-order valence-electron chi connectivity index (χ2n) is 5.95. The van der Waals surface area contributed by atoms with Gasteiger partial charge in [-0.15, -0.1) is 0 Å². The third-order valence-corrected chi connectivity index (χ3v) is 4.00. The van der Waals surface area contributed by atoms with E-state index in [1.165, 1.54) is 12.3 Å². The Bertz CT molecular complexity index is 779. The van der Waals surface area contributed by atoms with Crippen LogP contribution in [0.15, 0.2) is 36.5 Å². The normalized spacial score (nSPS) is 10.6. The van der Waals surface area contributed by atoms with Gasteiger partial charge in [0.15, 0.2) is 0 Å². The zero-order valence-electron chi connectivity index (χ0n) is 14.0. The number of anilines is 1. The average molecular weight is 380 g/mol. The van der Waals surface area contributed by atoms with Crippen molar-refractivity contribution in [3.05, 3.63) is 57.8 Å². The van der Waals surface area contributed by atoms with Crippen molar-refractivity contribution in [3.63, 3.8) is 0 Å². The molecule has 132 valence electrons. The van der Waals surface area contributed by atoms with Crippen LogP contribution in [0.2, 0.25) is 10.0 Å². The van der Waals surface area contributed by atoms with E-state index in [1.807, 2.05) is 0 Å². The number of nitrogens with one attached hydrogen (secondary N) is 2. The van der Waals surface area contributed by atoms with Gasteiger partial charge >= 0.3 is 0 Å². The van der Waals surface area contributed by atoms with E-state index < -0.39 is 5.91 Å². The summed E-state index contributed by atoms with van der Waals surface area (Å²) in [5, 5.41) is 6.28. The van der Waals surface area contributed by atoms with Crippen LogP contribution >= 0.6 is 23.2 Å². The number of carbonyl (C=O) groups is 2. The topological polar surface area (TPSA) is 71.1 Å². The molecule has 1 aromatic heterocycles. The first-order chi connectivity index (χ1) is 11.9. The Morgan fingerprint density at radius 1 is 1.12 bits per heavy atom. The Morgan fingerprint density at radius 3 is 2.60 bits per heavy atom. The lowest BCUT2D eigenvalue weighted by Crippen LogP contribution is -2.26. The molecule has 0 unspecified atom stereocenters. The molecule has 0 atom stereocenters. The fourth-order valence-corrected chi connectivity index (χ4v) is 2.39. The molecule has 2 N–H and O–H groups in total. The van der Waals surface area contributed by atoms with E-state index in [0.29, 0.717) is 33.8 Å². The summed E-state index contributed by atoms with van der Waals surface area (Å²) in [6.45, 7) is 4.75. The number of halogens is 2. The molecule has 1 heterocycles. The number of carbonyl (C=O) groups excluding carboxylic acids is 2. The maximum atomic E-state index is 12.3. The minimum atomic E-state index is -0.471. The molecule has 7 heteroatoms. The van der Waals surface area contributed by atoms with Gasteiger partial charge in [0.2, 0.25) is 0 Å². The van der Waals surface area contributed by atoms with Gasteiger partial charge in [-0.05, 0) is 42.7 Å². The molecule has 0 saturated carbocycles. The van der Waals surface area contributed by atoms with Gasteiger partial charge in [0.25, 0.3) is 11.8 Å². The summed E-state index contributed by atoms with van der Waals surface area (Å²) in [5.41, 5.74) is 0.876. The number of aromatic nitrogens is 1. The number of hydrogen-bond donors (Lipinski definition) is 2. The number of nitrogens with zero attached hydrogens (tertiary/aromatic N) is 1. The van der Waals surface area contributed by atoms with Crippen LogP contribution in [0.25, 0.3) is 0 Å². The van der Waals surface area contributed by atoms with Gasteiger partial charge in [0.05, 0.1) is 10.7 Å². The van der Waals surface area contributed by atoms with Gasteiger partial charge in [-0.25, -0.2) is 0 Å². The molecule has 0 bridgehead atoms. The lowest BCUT2D eigenvalue weighted by Gasteiger charge is -2.09. The first kappa shape index (κ1) is 19.2. The molecule has 0 aliphatic carbocycles. The summed E-state index contributed by atoms with van der Waals surface area (Å²) in [4.78, 5) is 28.5. The van der Waals surface area contributed by atoms with Gasteiger partial charge in [-0.2, -0.15) is 0 Å². The Kier molecular flexibility index (Phi) is 6.79. The monoisotopic (exact) mass is 379 g/mol. The van der Waals surface area contributed by atoms with E-state index in [4.69, 9.17) is 23.2 Å². The largest absolute Gasteiger partial charge is 0.352 e. The summed E-state index contributed by atoms with van der Waals surface area (Å²) in [6.07, 6.45) is 2.31. The average Bonchev–Trinajstić information content (AvgIpc) is 2.57. The number of benzene rings is 1. The standard InChI is InChI=1S/C18H19Cl2N3O2/c1-11(2)5-7-22-17(24)12-6-8-21-16(9-12)18(25)23-15-10-13(19)3-4-14(15)20/h3-4,6,8-11H,5,7H2,1-2H3,(H,22,24)(H,23,25). The van der Waals surface area contributed by atoms with Crippen molar-refractivity contribution in [1.29, 1.82) is 0 Å². The first-order valence-electron chi connectivity index (χ1n) is 7.87. The first-order valence-corrected chi connectivity index (χ1v) is 8.63. The third-order valence-electron chi connectivity index (χ3n) is 3.44. The second-order valence-corrected chi connectivity index (χ2v) is 6.79. The molecule has 2 rings (SSSR count). The van der Waals surface area contributed by atoms with Crippen molar-refractivity contribution in [1.82, 2.24) is 10.3 Å². The summed E-state index contributed by atoms with van der Waals surface area (Å²) in [7, 11) is 0. The van der Waals surface area contributed by atoms with E-state index in [-0.39, 0.29) is 11.6 Å². The minimum absolute atomic E-state index is 0.118. The van der Waals surface area contributed by atoms with Crippen molar-refractivity contribution >= 4 is 40.7 Å². The summed E-state index contributed by atoms with van der Waals surface area (Å²) in [5.74, 6) is -0.208. The summed E-state index contributed by atoms with van der Waals surface area (Å²) >= 11 is 11.9. The third kappa shape index (κ3) is 5.73. The van der Waals surface area contributed by atoms with Gasteiger partial charge in [-0.3, -0.25) is 14.6 Å². The maximum Gasteiger partial charge on any atom is 0.274 e. The van der Waals surface area contributed by atoms with Crippen LogP contribution in [-0.4, -0.2) is 23.3 Å². The van der Waals surface area contributed by atoms with E-state index >= 15 is 0 Å². The van der Waals surface area contributed by atoms with Gasteiger partial charge in [0, 0.05) is 23.3 Å². The molecule has 0 aliphatic heterocycles. The van der Waals surface area contributed by atoms with Crippen molar-refractivity contribution < 1.29 is 9.59 Å². The predicted octanol–water partition coefficient (Wildman–Crippen LogP) is 4.42. The molecule has 0 fully saturated rings. The van der Waals surface area contributed by atoms with E-state index in [0.717, 1.165) is 6.42 Å². The molecule has 2 amide bonds. The Hall–Kier alpha value is -2.11. The molecular formula is C18H19Cl2N3O2. The van der Waals surface area contributed by atoms with Gasteiger partial charge in [0.1, 0.15) is 5.69 Å². The molecular weight excluding hydrogens is 361 g/mol. The number of rotatable bonds is 6. The molecule has 2 aromatic rings. The van der Waals surface area contributed by atoms with Crippen LogP contribution in [-0.2, 0) is 0 Å². The second kappa shape index (κ2) is 8.83. The Morgan fingerprint density at radius 2 is 1.88 bits per heavy atom. The number of hydrogen-bond acceptors (Lipinski definition) is 3. The van der Waals surface area contributed by atoms with Crippen molar-refractivity contribution in [2.75, 3.05) is 11.9 Å². The summed E-state index contributed by atoms with van der Waals surface area (Å²) < 4.78 is 0. The van der Waals surface area contributed by atoms with Crippen LogP contribution in [0.3, 0.4) is 0 Å². The van der Waals surface area contributed by atoms with Crippen LogP contribution in [0.4, 0.5) is 5.69 Å². The molecule has 0 spiro atoms. The van der Waals surface area contributed by atoms with Crippen molar-refractivity contribution in [3.8, 4) is 0 Å². The minimum Gasteiger partial charge on any atom is -0.352 e. The van der Waals surface area contributed by atoms with Crippen LogP contribution < -0.4 is 10.6 Å². The van der Waals surface area contributed by atoms with Crippen molar-refractivity contribution in [2.45, 2.75) is 20.3 Å². The smallest absolute Gasteiger partial charge is 0.274 e. The van der Waals surface area contributed by atoms with E-state index in [9.17, 15) is 9.59 Å². The Balaban J connectivity index is 2.08. The SMILES string of the molecule is CC(C)CCNC(=O)c1ccnc(C(=O)Nc2cc(Cl)ccc2Cl)c1. The molecule has 0 saturated heterocycles. The van der Waals surface area contributed by atoms with Crippen molar-refractivity contribution in [2.24, 2.45) is 5.92 Å². The van der Waals surface area contributed by atoms with E-state index in [2.05, 4.69) is 29.5 Å². The number of amides is 2. The quantitative estimate of drug-likeness (QED) is 0.780. The van der Waals surface area contributed by atoms with Crippen LogP contribution in [0.5, 0.6) is 0 Å². The fourth-order valence-electron chi connectivity index (χ4n) is 2.05. The van der Waals surface area contributed by atoms with Gasteiger partial charge < -0.3 is 10.6 Å². The highest BCUT2D eigenvalue weighted by atomic mass is 35.5. The Labute approximate surface area is 156 Å². The zero-order valence-corrected chi connectivity index (χ0v) is 15.5. The lowest BCUT2D eigenvalue weighted by molar-refractivity contribution is 0.0952. The maximum absolute atomic E-state index is 12.3. The van der Waals surface area contributed by atoms with Crippen LogP contribution in [0, 0.1) is 5.92 Å². The van der Waals surface area contributed by atoms with E-state index in [1.54, 1.807) is 24.3 Å². The predicted molar refractivity (Wildman–Crippen MR) is 100 cm³/mol. The van der Waals surface area contributed by atoms with Gasteiger partial charge in [-0.1, -0.05) is 37.0 Å². The summed E-state index contributed by atoms with van der Waals surface area (Å²) in [6, 6.07) is 7.77. The molecule has 5 nitrogen and oxygen atoms in total. The molecule has 0 radical (unpaired) electrons. The highest BCUT2D eigenvalue weighted by Crippen LogP contribution is 2.25. The molecule has 1 aromatic carbocycles.